The number of fused-ring (bicyclic) bond motifs is 1. The minimum absolute atomic E-state index is 0.114. The van der Waals surface area contributed by atoms with Crippen molar-refractivity contribution in [3.8, 4) is 0 Å². The number of imidazole rings is 1. The summed E-state index contributed by atoms with van der Waals surface area (Å²) in [6.07, 6.45) is 1.30. The molecule has 8 heteroatoms. The third-order valence-corrected chi connectivity index (χ3v) is 2.06. The third-order valence-electron chi connectivity index (χ3n) is 2.06. The van der Waals surface area contributed by atoms with E-state index < -0.39 is 11.5 Å². The molecule has 0 radical (unpaired) electrons. The first-order chi connectivity index (χ1) is 7.52. The molecule has 0 aliphatic rings. The van der Waals surface area contributed by atoms with Crippen LogP contribution in [0.3, 0.4) is 0 Å². The lowest BCUT2D eigenvalue weighted by Crippen LogP contribution is -2.42. The molecule has 2 rings (SSSR count). The zero-order valence-electron chi connectivity index (χ0n) is 8.64. The van der Waals surface area contributed by atoms with E-state index in [1.807, 2.05) is 0 Å². The summed E-state index contributed by atoms with van der Waals surface area (Å²) in [5, 5.41) is 7.65. The molecule has 16 heavy (non-hydrogen) atoms. The number of rotatable bonds is 1. The molecule has 84 valence electrons. The van der Waals surface area contributed by atoms with E-state index >= 15 is 0 Å². The van der Waals surface area contributed by atoms with Crippen LogP contribution in [0.1, 0.15) is 6.92 Å². The van der Waals surface area contributed by atoms with E-state index in [1.165, 1.54) is 20.3 Å². The number of aromatic nitrogens is 4. The molecular formula is C8H9N5O3. The van der Waals surface area contributed by atoms with Gasteiger partial charge in [0.15, 0.2) is 5.52 Å². The molecule has 2 N–H and O–H groups in total. The van der Waals surface area contributed by atoms with Gasteiger partial charge in [0.1, 0.15) is 0 Å². The Balaban J connectivity index is 2.91. The first-order valence-electron chi connectivity index (χ1n) is 4.41. The highest BCUT2D eigenvalue weighted by Gasteiger charge is 2.12. The number of aromatic amines is 1. The lowest BCUT2D eigenvalue weighted by molar-refractivity contribution is -0.141. The number of carbonyl (C=O) groups is 1. The lowest BCUT2D eigenvalue weighted by Gasteiger charge is -2.07. The van der Waals surface area contributed by atoms with Gasteiger partial charge in [-0.2, -0.15) is 0 Å². The molecule has 0 aliphatic heterocycles. The van der Waals surface area contributed by atoms with Gasteiger partial charge >= 0.3 is 5.97 Å². The Morgan fingerprint density at radius 2 is 2.31 bits per heavy atom. The second kappa shape index (κ2) is 3.33. The van der Waals surface area contributed by atoms with Crippen LogP contribution in [0.25, 0.3) is 11.2 Å². The molecule has 2 aromatic heterocycles. The van der Waals surface area contributed by atoms with Crippen molar-refractivity contribution in [1.82, 2.24) is 19.3 Å². The standard InChI is InChI=1S/C8H9N5O3/c1-4(14)16-13-6-5(10-3-11-6)7(15)12(2)8(13)9/h3,9H,1-2H3,(H,10,11). The topological polar surface area (TPSA) is 106 Å². The SMILES string of the molecule is CC(=O)On1c(=N)n(C)c(=O)c2[nH]cnc21. The van der Waals surface area contributed by atoms with Gasteiger partial charge < -0.3 is 9.82 Å². The van der Waals surface area contributed by atoms with Crippen LogP contribution in [-0.4, -0.2) is 25.2 Å². The van der Waals surface area contributed by atoms with Crippen molar-refractivity contribution in [2.75, 3.05) is 0 Å². The molecule has 0 saturated heterocycles. The lowest BCUT2D eigenvalue weighted by atomic mass is 10.5. The minimum atomic E-state index is -0.596. The first kappa shape index (κ1) is 10.1. The van der Waals surface area contributed by atoms with Crippen LogP contribution in [0.2, 0.25) is 0 Å². The van der Waals surface area contributed by atoms with Gasteiger partial charge in [0.05, 0.1) is 6.33 Å². The van der Waals surface area contributed by atoms with Crippen molar-refractivity contribution in [3.05, 3.63) is 22.3 Å². The average molecular weight is 223 g/mol. The fraction of sp³-hybridized carbons (Fsp3) is 0.250. The van der Waals surface area contributed by atoms with Gasteiger partial charge in [0.2, 0.25) is 11.3 Å². The van der Waals surface area contributed by atoms with Gasteiger partial charge in [-0.3, -0.25) is 14.8 Å². The molecule has 0 bridgehead atoms. The summed E-state index contributed by atoms with van der Waals surface area (Å²) < 4.78 is 1.94. The highest BCUT2D eigenvalue weighted by Crippen LogP contribution is 1.98. The summed E-state index contributed by atoms with van der Waals surface area (Å²) in [5.41, 5.74) is -0.372. The Bertz CT molecular complexity index is 677. The summed E-state index contributed by atoms with van der Waals surface area (Å²) in [7, 11) is 1.41. The minimum Gasteiger partial charge on any atom is -0.339 e. The summed E-state index contributed by atoms with van der Waals surface area (Å²) >= 11 is 0. The molecule has 2 heterocycles. The molecule has 0 unspecified atom stereocenters. The summed E-state index contributed by atoms with van der Waals surface area (Å²) in [6, 6.07) is 0. The molecule has 2 aromatic rings. The largest absolute Gasteiger partial charge is 0.339 e. The molecule has 0 amide bonds. The second-order valence-corrected chi connectivity index (χ2v) is 3.17. The quantitative estimate of drug-likeness (QED) is 0.614. The van der Waals surface area contributed by atoms with Gasteiger partial charge in [0, 0.05) is 14.0 Å². The van der Waals surface area contributed by atoms with Crippen molar-refractivity contribution in [2.24, 2.45) is 7.05 Å². The van der Waals surface area contributed by atoms with Gasteiger partial charge in [-0.1, -0.05) is 0 Å². The molecule has 0 aromatic carbocycles. The Morgan fingerprint density at radius 1 is 1.62 bits per heavy atom. The molecule has 0 fully saturated rings. The van der Waals surface area contributed by atoms with E-state index in [-0.39, 0.29) is 16.8 Å². The number of carbonyl (C=O) groups excluding carboxylic acids is 1. The zero-order valence-corrected chi connectivity index (χ0v) is 8.64. The number of H-pyrrole nitrogens is 1. The zero-order chi connectivity index (χ0) is 11.9. The van der Waals surface area contributed by atoms with Crippen LogP contribution in [0, 0.1) is 5.41 Å². The maximum atomic E-state index is 11.7. The number of hydrogen-bond donors (Lipinski definition) is 2. The van der Waals surface area contributed by atoms with Gasteiger partial charge in [-0.25, -0.2) is 9.78 Å². The summed E-state index contributed by atoms with van der Waals surface area (Å²) in [6.45, 7) is 1.20. The Morgan fingerprint density at radius 3 is 2.94 bits per heavy atom. The van der Waals surface area contributed by atoms with E-state index in [2.05, 4.69) is 9.97 Å². The normalized spacial score (nSPS) is 10.6. The Kier molecular flexibility index (Phi) is 2.11. The van der Waals surface area contributed by atoms with E-state index in [1.54, 1.807) is 0 Å². The number of nitrogens with zero attached hydrogens (tertiary/aromatic N) is 3. The van der Waals surface area contributed by atoms with E-state index in [9.17, 15) is 9.59 Å². The van der Waals surface area contributed by atoms with Gasteiger partial charge in [-0.05, 0) is 0 Å². The van der Waals surface area contributed by atoms with E-state index in [4.69, 9.17) is 10.2 Å². The van der Waals surface area contributed by atoms with Gasteiger partial charge in [0.25, 0.3) is 5.56 Å². The van der Waals surface area contributed by atoms with Crippen molar-refractivity contribution in [2.45, 2.75) is 6.92 Å². The van der Waals surface area contributed by atoms with Crippen LogP contribution >= 0.6 is 0 Å². The van der Waals surface area contributed by atoms with Crippen LogP contribution < -0.4 is 16.0 Å². The van der Waals surface area contributed by atoms with Crippen molar-refractivity contribution >= 4 is 17.1 Å². The highest BCUT2D eigenvalue weighted by atomic mass is 16.7. The Labute approximate surface area is 88.6 Å². The van der Waals surface area contributed by atoms with Crippen LogP contribution in [0.4, 0.5) is 0 Å². The molecule has 0 aliphatic carbocycles. The van der Waals surface area contributed by atoms with Crippen molar-refractivity contribution < 1.29 is 9.63 Å². The number of nitrogens with one attached hydrogen (secondary N) is 2. The Hall–Kier alpha value is -2.38. The fourth-order valence-corrected chi connectivity index (χ4v) is 1.31. The highest BCUT2D eigenvalue weighted by molar-refractivity contribution is 5.71. The predicted octanol–water partition coefficient (Wildman–Crippen LogP) is -1.48. The maximum absolute atomic E-state index is 11.7. The summed E-state index contributed by atoms with van der Waals surface area (Å²) in [5.74, 6) is -0.596. The van der Waals surface area contributed by atoms with Crippen LogP contribution in [0.5, 0.6) is 0 Å². The molecule has 0 saturated carbocycles. The average Bonchev–Trinajstić information content (AvgIpc) is 2.69. The third kappa shape index (κ3) is 1.31. The van der Waals surface area contributed by atoms with Crippen LogP contribution in [-0.2, 0) is 11.8 Å². The van der Waals surface area contributed by atoms with Crippen LogP contribution in [0.15, 0.2) is 11.1 Å². The predicted molar refractivity (Wildman–Crippen MR) is 52.4 cm³/mol. The van der Waals surface area contributed by atoms with Gasteiger partial charge in [-0.15, -0.1) is 4.73 Å². The molecule has 0 spiro atoms. The number of hydrogen-bond acceptors (Lipinski definition) is 5. The molecule has 8 nitrogen and oxygen atoms in total. The molecular weight excluding hydrogens is 214 g/mol. The van der Waals surface area contributed by atoms with E-state index in [0.29, 0.717) is 0 Å². The fourth-order valence-electron chi connectivity index (χ4n) is 1.31. The van der Waals surface area contributed by atoms with Crippen molar-refractivity contribution in [3.63, 3.8) is 0 Å². The molecule has 0 atom stereocenters. The second-order valence-electron chi connectivity index (χ2n) is 3.17. The maximum Gasteiger partial charge on any atom is 0.330 e. The van der Waals surface area contributed by atoms with Crippen molar-refractivity contribution in [1.29, 1.82) is 5.41 Å². The first-order valence-corrected chi connectivity index (χ1v) is 4.41. The smallest absolute Gasteiger partial charge is 0.330 e. The summed E-state index contributed by atoms with van der Waals surface area (Å²) in [4.78, 5) is 33.8. The monoisotopic (exact) mass is 223 g/mol. The van der Waals surface area contributed by atoms with E-state index in [0.717, 1.165) is 9.30 Å².